The maximum atomic E-state index is 13.1. The monoisotopic (exact) mass is 214 g/mol. The molecule has 0 saturated heterocycles. The average molecular weight is 214 g/mol. The molecule has 0 atom stereocenters. The minimum absolute atomic E-state index is 0.00279. The minimum Gasteiger partial charge on any atom is -0.481 e. The van der Waals surface area contributed by atoms with Gasteiger partial charge in [-0.05, 0) is 37.5 Å². The summed E-state index contributed by atoms with van der Waals surface area (Å²) in [6.07, 6.45) is 0.773. The van der Waals surface area contributed by atoms with Gasteiger partial charge in [-0.2, -0.15) is 0 Å². The number of aliphatic carboxylic acids is 1. The van der Waals surface area contributed by atoms with Crippen LogP contribution in [0.1, 0.15) is 24.0 Å². The van der Waals surface area contributed by atoms with Crippen LogP contribution in [-0.2, 0) is 11.2 Å². The first-order valence-electron chi connectivity index (χ1n) is 4.67. The number of benzene rings is 1. The second kappa shape index (κ2) is 4.87. The maximum absolute atomic E-state index is 13.1. The van der Waals surface area contributed by atoms with Crippen molar-refractivity contribution in [3.63, 3.8) is 0 Å². The quantitative estimate of drug-likeness (QED) is 0.836. The van der Waals surface area contributed by atoms with Crippen LogP contribution in [0.2, 0.25) is 0 Å². The molecule has 0 aliphatic rings. The summed E-state index contributed by atoms with van der Waals surface area (Å²) in [4.78, 5) is 10.2. The van der Waals surface area contributed by atoms with Crippen molar-refractivity contribution in [3.05, 3.63) is 34.9 Å². The van der Waals surface area contributed by atoms with Crippen LogP contribution in [0.5, 0.6) is 0 Å². The van der Waals surface area contributed by atoms with Crippen molar-refractivity contribution in [2.24, 2.45) is 0 Å². The highest BCUT2D eigenvalue weighted by molar-refractivity contribution is 5.66. The van der Waals surface area contributed by atoms with Gasteiger partial charge in [-0.1, -0.05) is 0 Å². The molecule has 0 heterocycles. The van der Waals surface area contributed by atoms with E-state index in [4.69, 9.17) is 5.11 Å². The normalized spacial score (nSPS) is 10.3. The standard InChI is InChI=1S/C11H12F2O2/c1-7-9(12)5-8(6-10(7)13)3-2-4-11(14)15/h5-6H,2-4H2,1H3,(H,14,15). The van der Waals surface area contributed by atoms with E-state index >= 15 is 0 Å². The predicted octanol–water partition coefficient (Wildman–Crippen LogP) is 2.68. The fourth-order valence-electron chi connectivity index (χ4n) is 1.29. The third-order valence-corrected chi connectivity index (χ3v) is 2.20. The van der Waals surface area contributed by atoms with Gasteiger partial charge >= 0.3 is 5.97 Å². The van der Waals surface area contributed by atoms with E-state index in [-0.39, 0.29) is 12.0 Å². The number of aryl methyl sites for hydroxylation is 1. The molecule has 0 bridgehead atoms. The molecule has 1 aromatic rings. The van der Waals surface area contributed by atoms with E-state index < -0.39 is 17.6 Å². The number of hydrogen-bond donors (Lipinski definition) is 1. The summed E-state index contributed by atoms with van der Waals surface area (Å²) in [5.41, 5.74) is 0.494. The molecular weight excluding hydrogens is 202 g/mol. The fraction of sp³-hybridized carbons (Fsp3) is 0.364. The van der Waals surface area contributed by atoms with E-state index in [0.717, 1.165) is 0 Å². The Kier molecular flexibility index (Phi) is 3.77. The Morgan fingerprint density at radius 3 is 2.33 bits per heavy atom. The zero-order valence-corrected chi connectivity index (χ0v) is 8.39. The van der Waals surface area contributed by atoms with E-state index in [1.165, 1.54) is 19.1 Å². The largest absolute Gasteiger partial charge is 0.481 e. The smallest absolute Gasteiger partial charge is 0.303 e. The summed E-state index contributed by atoms with van der Waals surface area (Å²) in [7, 11) is 0. The fourth-order valence-corrected chi connectivity index (χ4v) is 1.29. The van der Waals surface area contributed by atoms with Gasteiger partial charge in [-0.3, -0.25) is 4.79 Å². The van der Waals surface area contributed by atoms with Gasteiger partial charge in [0, 0.05) is 12.0 Å². The Labute approximate surface area is 86.5 Å². The first-order valence-corrected chi connectivity index (χ1v) is 4.67. The lowest BCUT2D eigenvalue weighted by atomic mass is 10.1. The zero-order valence-electron chi connectivity index (χ0n) is 8.39. The summed E-state index contributed by atoms with van der Waals surface area (Å²) < 4.78 is 26.1. The average Bonchev–Trinajstić information content (AvgIpc) is 2.13. The van der Waals surface area contributed by atoms with E-state index in [2.05, 4.69) is 0 Å². The number of carbonyl (C=O) groups is 1. The number of hydrogen-bond acceptors (Lipinski definition) is 1. The van der Waals surface area contributed by atoms with Gasteiger partial charge in [0.1, 0.15) is 11.6 Å². The van der Waals surface area contributed by atoms with Crippen molar-refractivity contribution >= 4 is 5.97 Å². The minimum atomic E-state index is -0.900. The summed E-state index contributed by atoms with van der Waals surface area (Å²) >= 11 is 0. The van der Waals surface area contributed by atoms with Crippen molar-refractivity contribution in [1.29, 1.82) is 0 Å². The first kappa shape index (κ1) is 11.6. The van der Waals surface area contributed by atoms with Crippen molar-refractivity contribution in [3.8, 4) is 0 Å². The van der Waals surface area contributed by atoms with Gasteiger partial charge in [0.2, 0.25) is 0 Å². The van der Waals surface area contributed by atoms with E-state index in [1.54, 1.807) is 0 Å². The number of carboxylic acids is 1. The van der Waals surface area contributed by atoms with Gasteiger partial charge < -0.3 is 5.11 Å². The lowest BCUT2D eigenvalue weighted by Gasteiger charge is -2.03. The predicted molar refractivity (Wildman–Crippen MR) is 51.7 cm³/mol. The molecule has 1 N–H and O–H groups in total. The summed E-state index contributed by atoms with van der Waals surface area (Å²) in [6.45, 7) is 1.37. The zero-order chi connectivity index (χ0) is 11.4. The molecule has 0 spiro atoms. The van der Waals surface area contributed by atoms with Gasteiger partial charge in [-0.15, -0.1) is 0 Å². The molecule has 4 heteroatoms. The molecule has 0 fully saturated rings. The summed E-state index contributed by atoms with van der Waals surface area (Å²) in [5, 5.41) is 8.40. The van der Waals surface area contributed by atoms with Gasteiger partial charge in [0.25, 0.3) is 0 Å². The molecule has 2 nitrogen and oxygen atoms in total. The van der Waals surface area contributed by atoms with E-state index in [1.807, 2.05) is 0 Å². The summed E-state index contributed by atoms with van der Waals surface area (Å²) in [5.74, 6) is -2.07. The second-order valence-electron chi connectivity index (χ2n) is 3.43. The van der Waals surface area contributed by atoms with Crippen LogP contribution in [-0.4, -0.2) is 11.1 Å². The van der Waals surface area contributed by atoms with Crippen LogP contribution in [0, 0.1) is 18.6 Å². The van der Waals surface area contributed by atoms with Crippen molar-refractivity contribution in [2.75, 3.05) is 0 Å². The van der Waals surface area contributed by atoms with E-state index in [9.17, 15) is 13.6 Å². The Bertz CT molecular complexity index is 352. The maximum Gasteiger partial charge on any atom is 0.303 e. The Morgan fingerprint density at radius 2 is 1.87 bits per heavy atom. The molecule has 15 heavy (non-hydrogen) atoms. The molecule has 0 saturated carbocycles. The van der Waals surface area contributed by atoms with Crippen molar-refractivity contribution in [2.45, 2.75) is 26.2 Å². The molecular formula is C11H12F2O2. The van der Waals surface area contributed by atoms with Crippen molar-refractivity contribution < 1.29 is 18.7 Å². The molecule has 0 unspecified atom stereocenters. The molecule has 0 aromatic heterocycles. The molecule has 0 radical (unpaired) electrons. The van der Waals surface area contributed by atoms with Crippen LogP contribution in [0.15, 0.2) is 12.1 Å². The van der Waals surface area contributed by atoms with Crippen LogP contribution in [0.25, 0.3) is 0 Å². The Morgan fingerprint density at radius 1 is 1.33 bits per heavy atom. The molecule has 1 aromatic carbocycles. The Hall–Kier alpha value is -1.45. The topological polar surface area (TPSA) is 37.3 Å². The highest BCUT2D eigenvalue weighted by Gasteiger charge is 2.07. The van der Waals surface area contributed by atoms with Crippen molar-refractivity contribution in [1.82, 2.24) is 0 Å². The molecule has 1 rings (SSSR count). The van der Waals surface area contributed by atoms with Gasteiger partial charge in [0.15, 0.2) is 0 Å². The molecule has 0 aliphatic heterocycles. The number of rotatable bonds is 4. The first-order chi connectivity index (χ1) is 7.00. The molecule has 0 aliphatic carbocycles. The van der Waals surface area contributed by atoms with Crippen LogP contribution >= 0.6 is 0 Å². The number of halogens is 2. The molecule has 0 amide bonds. The van der Waals surface area contributed by atoms with Crippen LogP contribution in [0.3, 0.4) is 0 Å². The van der Waals surface area contributed by atoms with Gasteiger partial charge in [0.05, 0.1) is 0 Å². The van der Waals surface area contributed by atoms with Crippen LogP contribution < -0.4 is 0 Å². The highest BCUT2D eigenvalue weighted by atomic mass is 19.1. The van der Waals surface area contributed by atoms with E-state index in [0.29, 0.717) is 18.4 Å². The Balaban J connectivity index is 2.66. The molecule has 82 valence electrons. The highest BCUT2D eigenvalue weighted by Crippen LogP contribution is 2.15. The third-order valence-electron chi connectivity index (χ3n) is 2.20. The van der Waals surface area contributed by atoms with Crippen LogP contribution in [0.4, 0.5) is 8.78 Å². The lowest BCUT2D eigenvalue weighted by Crippen LogP contribution is -1.98. The summed E-state index contributed by atoms with van der Waals surface area (Å²) in [6, 6.07) is 2.50. The number of carboxylic acid groups (broad SMARTS) is 1. The third kappa shape index (κ3) is 3.31. The van der Waals surface area contributed by atoms with Gasteiger partial charge in [-0.25, -0.2) is 8.78 Å². The SMILES string of the molecule is Cc1c(F)cc(CCCC(=O)O)cc1F. The second-order valence-corrected chi connectivity index (χ2v) is 3.43. The lowest BCUT2D eigenvalue weighted by molar-refractivity contribution is -0.137.